The number of anilines is 1. The number of hydrogen-bond donors (Lipinski definition) is 1. The minimum atomic E-state index is -3.68. The second kappa shape index (κ2) is 6.64. The number of nitrogens with one attached hydrogen (secondary N) is 1. The van der Waals surface area contributed by atoms with Crippen LogP contribution in [0.2, 0.25) is 0 Å². The molecule has 1 N–H and O–H groups in total. The molecule has 0 atom stereocenters. The molecule has 128 valence electrons. The molecular weight excluding hydrogens is 339 g/mol. The van der Waals surface area contributed by atoms with Crippen LogP contribution in [0.3, 0.4) is 0 Å². The van der Waals surface area contributed by atoms with Crippen molar-refractivity contribution < 1.29 is 12.8 Å². The Morgan fingerprint density at radius 1 is 0.920 bits per heavy atom. The maximum absolute atomic E-state index is 13.3. The van der Waals surface area contributed by atoms with Gasteiger partial charge in [-0.2, -0.15) is 0 Å². The van der Waals surface area contributed by atoms with Gasteiger partial charge in [-0.25, -0.2) is 17.8 Å². The van der Waals surface area contributed by atoms with Gasteiger partial charge in [0.25, 0.3) is 10.0 Å². The Morgan fingerprint density at radius 3 is 2.24 bits per heavy atom. The lowest BCUT2D eigenvalue weighted by molar-refractivity contribution is 0.601. The maximum Gasteiger partial charge on any atom is 0.263 e. The molecule has 0 radical (unpaired) electrons. The third-order valence-corrected chi connectivity index (χ3v) is 5.23. The predicted octanol–water partition coefficient (Wildman–Crippen LogP) is 4.31. The van der Waals surface area contributed by atoms with E-state index >= 15 is 0 Å². The van der Waals surface area contributed by atoms with Crippen LogP contribution in [-0.2, 0) is 10.0 Å². The Balaban J connectivity index is 1.93. The highest BCUT2D eigenvalue weighted by atomic mass is 32.2. The van der Waals surface area contributed by atoms with Gasteiger partial charge in [0, 0.05) is 11.3 Å². The molecule has 0 aliphatic heterocycles. The van der Waals surface area contributed by atoms with Gasteiger partial charge in [0.05, 0.1) is 4.90 Å². The number of aryl methyl sites for hydroxylation is 2. The van der Waals surface area contributed by atoms with Crippen molar-refractivity contribution in [3.63, 3.8) is 0 Å². The van der Waals surface area contributed by atoms with E-state index in [2.05, 4.69) is 9.71 Å². The van der Waals surface area contributed by atoms with Crippen molar-refractivity contribution in [1.29, 1.82) is 0 Å². The normalized spacial score (nSPS) is 11.3. The lowest BCUT2D eigenvalue weighted by atomic mass is 9.99. The summed E-state index contributed by atoms with van der Waals surface area (Å²) < 4.78 is 40.5. The van der Waals surface area contributed by atoms with Gasteiger partial charge in [0.15, 0.2) is 0 Å². The molecule has 3 rings (SSSR count). The standard InChI is InChI=1S/C19H17FN2O2S/c1-13-12-15(20)8-9-17(13)18-10-11-19(21-14(18)2)22-25(23,24)16-6-4-3-5-7-16/h3-12H,1-2H3,(H,21,22). The zero-order valence-corrected chi connectivity index (χ0v) is 14.6. The fourth-order valence-electron chi connectivity index (χ4n) is 2.63. The molecule has 0 unspecified atom stereocenters. The summed E-state index contributed by atoms with van der Waals surface area (Å²) in [5.74, 6) is -0.0519. The van der Waals surface area contributed by atoms with Crippen LogP contribution in [0.1, 0.15) is 11.3 Å². The number of nitrogens with zero attached hydrogens (tertiary/aromatic N) is 1. The van der Waals surface area contributed by atoms with Crippen LogP contribution in [-0.4, -0.2) is 13.4 Å². The molecular formula is C19H17FN2O2S. The predicted molar refractivity (Wildman–Crippen MR) is 96.4 cm³/mol. The van der Waals surface area contributed by atoms with E-state index in [1.165, 1.54) is 24.3 Å². The minimum Gasteiger partial charge on any atom is -0.263 e. The molecule has 0 saturated heterocycles. The van der Waals surface area contributed by atoms with Gasteiger partial charge in [-0.1, -0.05) is 24.3 Å². The van der Waals surface area contributed by atoms with Gasteiger partial charge in [-0.05, 0) is 61.4 Å². The molecule has 0 saturated carbocycles. The van der Waals surface area contributed by atoms with Crippen LogP contribution in [0.4, 0.5) is 10.2 Å². The van der Waals surface area contributed by atoms with E-state index in [4.69, 9.17) is 0 Å². The van der Waals surface area contributed by atoms with Crippen molar-refractivity contribution in [1.82, 2.24) is 4.98 Å². The molecule has 0 fully saturated rings. The van der Waals surface area contributed by atoms with Crippen molar-refractivity contribution in [3.8, 4) is 11.1 Å². The number of rotatable bonds is 4. The molecule has 6 heteroatoms. The Morgan fingerprint density at radius 2 is 1.60 bits per heavy atom. The van der Waals surface area contributed by atoms with Crippen molar-refractivity contribution in [2.75, 3.05) is 4.72 Å². The summed E-state index contributed by atoms with van der Waals surface area (Å²) in [5, 5.41) is 0. The largest absolute Gasteiger partial charge is 0.263 e. The molecule has 2 aromatic carbocycles. The summed E-state index contributed by atoms with van der Waals surface area (Å²) in [6, 6.07) is 16.0. The molecule has 0 aliphatic carbocycles. The van der Waals surface area contributed by atoms with Gasteiger partial charge in [-0.15, -0.1) is 0 Å². The number of hydrogen-bond acceptors (Lipinski definition) is 3. The lowest BCUT2D eigenvalue weighted by Gasteiger charge is -2.12. The molecule has 25 heavy (non-hydrogen) atoms. The molecule has 1 aromatic heterocycles. The second-order valence-electron chi connectivity index (χ2n) is 5.71. The number of sulfonamides is 1. The fraction of sp³-hybridized carbons (Fsp3) is 0.105. The van der Waals surface area contributed by atoms with Gasteiger partial charge >= 0.3 is 0 Å². The lowest BCUT2D eigenvalue weighted by Crippen LogP contribution is -2.14. The third-order valence-electron chi connectivity index (χ3n) is 3.86. The van der Waals surface area contributed by atoms with E-state index in [0.29, 0.717) is 5.69 Å². The zero-order chi connectivity index (χ0) is 18.0. The van der Waals surface area contributed by atoms with Crippen LogP contribution in [0.5, 0.6) is 0 Å². The average molecular weight is 356 g/mol. The van der Waals surface area contributed by atoms with Gasteiger partial charge < -0.3 is 0 Å². The van der Waals surface area contributed by atoms with Crippen molar-refractivity contribution in [2.45, 2.75) is 18.7 Å². The topological polar surface area (TPSA) is 59.1 Å². The molecule has 0 spiro atoms. The first-order chi connectivity index (χ1) is 11.9. The van der Waals surface area contributed by atoms with E-state index in [-0.39, 0.29) is 16.5 Å². The van der Waals surface area contributed by atoms with Gasteiger partial charge in [0.1, 0.15) is 11.6 Å². The molecule has 0 bridgehead atoms. The molecule has 0 amide bonds. The van der Waals surface area contributed by atoms with Gasteiger partial charge in [-0.3, -0.25) is 4.72 Å². The van der Waals surface area contributed by atoms with Crippen LogP contribution >= 0.6 is 0 Å². The third kappa shape index (κ3) is 3.69. The Kier molecular flexibility index (Phi) is 4.55. The average Bonchev–Trinajstić information content (AvgIpc) is 2.56. The Hall–Kier alpha value is -2.73. The number of aromatic nitrogens is 1. The molecule has 3 aromatic rings. The summed E-state index contributed by atoms with van der Waals surface area (Å²) in [6.07, 6.45) is 0. The van der Waals surface area contributed by atoms with E-state index < -0.39 is 10.0 Å². The molecule has 4 nitrogen and oxygen atoms in total. The van der Waals surface area contributed by atoms with Crippen molar-refractivity contribution in [2.24, 2.45) is 0 Å². The zero-order valence-electron chi connectivity index (χ0n) is 13.8. The SMILES string of the molecule is Cc1cc(F)ccc1-c1ccc(NS(=O)(=O)c2ccccc2)nc1C. The smallest absolute Gasteiger partial charge is 0.263 e. The fourth-order valence-corrected chi connectivity index (χ4v) is 3.65. The minimum absolute atomic E-state index is 0.174. The van der Waals surface area contributed by atoms with E-state index in [0.717, 1.165) is 16.7 Å². The van der Waals surface area contributed by atoms with Crippen LogP contribution < -0.4 is 4.72 Å². The quantitative estimate of drug-likeness (QED) is 0.758. The number of pyridine rings is 1. The van der Waals surface area contributed by atoms with Crippen molar-refractivity contribution >= 4 is 15.8 Å². The summed E-state index contributed by atoms with van der Waals surface area (Å²) in [6.45, 7) is 3.61. The van der Waals surface area contributed by atoms with E-state index in [1.807, 2.05) is 6.92 Å². The molecule has 0 aliphatic rings. The van der Waals surface area contributed by atoms with Crippen molar-refractivity contribution in [3.05, 3.63) is 77.7 Å². The summed E-state index contributed by atoms with van der Waals surface area (Å²) in [7, 11) is -3.68. The van der Waals surface area contributed by atoms with Gasteiger partial charge in [0.2, 0.25) is 0 Å². The monoisotopic (exact) mass is 356 g/mol. The van der Waals surface area contributed by atoms with E-state index in [1.54, 1.807) is 43.3 Å². The summed E-state index contributed by atoms with van der Waals surface area (Å²) >= 11 is 0. The van der Waals surface area contributed by atoms with Crippen LogP contribution in [0, 0.1) is 19.7 Å². The van der Waals surface area contributed by atoms with E-state index in [9.17, 15) is 12.8 Å². The molecule has 1 heterocycles. The van der Waals surface area contributed by atoms with Crippen LogP contribution in [0.25, 0.3) is 11.1 Å². The van der Waals surface area contributed by atoms with Crippen LogP contribution in [0.15, 0.2) is 65.6 Å². The highest BCUT2D eigenvalue weighted by Crippen LogP contribution is 2.27. The Bertz CT molecular complexity index is 1020. The second-order valence-corrected chi connectivity index (χ2v) is 7.39. The summed E-state index contributed by atoms with van der Waals surface area (Å²) in [4.78, 5) is 4.51. The Labute approximate surface area is 146 Å². The number of halogens is 1. The maximum atomic E-state index is 13.3. The highest BCUT2D eigenvalue weighted by molar-refractivity contribution is 7.92. The highest BCUT2D eigenvalue weighted by Gasteiger charge is 2.15. The first kappa shape index (κ1) is 17.1. The number of benzene rings is 2. The first-order valence-electron chi connectivity index (χ1n) is 7.69. The first-order valence-corrected chi connectivity index (χ1v) is 9.17. The summed E-state index contributed by atoms with van der Waals surface area (Å²) in [5.41, 5.74) is 3.15.